The molecule has 0 saturated carbocycles. The van der Waals surface area contributed by atoms with Crippen LogP contribution in [-0.4, -0.2) is 20.0 Å². The summed E-state index contributed by atoms with van der Waals surface area (Å²) in [7, 11) is 2.46. The van der Waals surface area contributed by atoms with E-state index < -0.39 is 34.4 Å². The predicted octanol–water partition coefficient (Wildman–Crippen LogP) is 3.35. The zero-order valence-corrected chi connectivity index (χ0v) is 11.2. The number of hydrogen-bond acceptors (Lipinski definition) is 3. The Morgan fingerprint density at radius 3 is 2.05 bits per heavy atom. The fraction of sp³-hybridized carbons (Fsp3) is 0.133. The Bertz CT molecular complexity index is 676. The lowest BCUT2D eigenvalue weighted by atomic mass is 10.0. The first-order chi connectivity index (χ1) is 9.99. The highest BCUT2D eigenvalue weighted by Crippen LogP contribution is 2.28. The molecule has 0 spiro atoms. The van der Waals surface area contributed by atoms with Gasteiger partial charge in [0.2, 0.25) is 5.78 Å². The van der Waals surface area contributed by atoms with E-state index in [4.69, 9.17) is 9.47 Å². The molecule has 3 nitrogen and oxygen atoms in total. The average molecular weight is 296 g/mol. The van der Waals surface area contributed by atoms with Crippen LogP contribution in [0.3, 0.4) is 0 Å². The van der Waals surface area contributed by atoms with Crippen molar-refractivity contribution in [3.05, 3.63) is 58.9 Å². The predicted molar refractivity (Wildman–Crippen MR) is 69.3 cm³/mol. The maximum atomic E-state index is 13.9. The van der Waals surface area contributed by atoms with E-state index in [2.05, 4.69) is 0 Å². The van der Waals surface area contributed by atoms with Crippen molar-refractivity contribution in [1.29, 1.82) is 0 Å². The summed E-state index contributed by atoms with van der Waals surface area (Å²) in [5, 5.41) is 0. The van der Waals surface area contributed by atoms with Crippen LogP contribution in [0.15, 0.2) is 30.3 Å². The van der Waals surface area contributed by atoms with Crippen molar-refractivity contribution < 1.29 is 27.4 Å². The summed E-state index contributed by atoms with van der Waals surface area (Å²) in [5.41, 5.74) is -1.39. The number of ether oxygens (including phenoxy) is 2. The fourth-order valence-corrected chi connectivity index (χ4v) is 1.90. The second-order valence-corrected chi connectivity index (χ2v) is 4.11. The summed E-state index contributed by atoms with van der Waals surface area (Å²) in [4.78, 5) is 12.2. The minimum atomic E-state index is -1.14. The van der Waals surface area contributed by atoms with Crippen molar-refractivity contribution in [1.82, 2.24) is 0 Å². The lowest BCUT2D eigenvalue weighted by Gasteiger charge is -2.10. The molecule has 2 rings (SSSR count). The summed E-state index contributed by atoms with van der Waals surface area (Å²) in [6.07, 6.45) is 0. The van der Waals surface area contributed by atoms with E-state index >= 15 is 0 Å². The van der Waals surface area contributed by atoms with E-state index in [-0.39, 0.29) is 11.5 Å². The summed E-state index contributed by atoms with van der Waals surface area (Å²) >= 11 is 0. The van der Waals surface area contributed by atoms with Gasteiger partial charge in [-0.2, -0.15) is 0 Å². The molecule has 2 aromatic rings. The van der Waals surface area contributed by atoms with Crippen LogP contribution >= 0.6 is 0 Å². The van der Waals surface area contributed by atoms with Gasteiger partial charge in [0.15, 0.2) is 0 Å². The van der Waals surface area contributed by atoms with Crippen molar-refractivity contribution in [2.75, 3.05) is 14.2 Å². The Balaban J connectivity index is 2.61. The highest BCUT2D eigenvalue weighted by Gasteiger charge is 2.26. The van der Waals surface area contributed by atoms with Crippen LogP contribution in [0.4, 0.5) is 13.2 Å². The van der Waals surface area contributed by atoms with Crippen LogP contribution in [0.1, 0.15) is 15.9 Å². The van der Waals surface area contributed by atoms with Crippen molar-refractivity contribution in [2.24, 2.45) is 0 Å². The molecule has 0 fully saturated rings. The monoisotopic (exact) mass is 296 g/mol. The standard InChI is InChI=1S/C15H11F3O3/c1-20-8-6-10(17)13(11(18)7-8)15(19)14-9(16)4-3-5-12(14)21-2/h3-7H,1-2H3. The Morgan fingerprint density at radius 2 is 1.52 bits per heavy atom. The van der Waals surface area contributed by atoms with Gasteiger partial charge in [-0.15, -0.1) is 0 Å². The third kappa shape index (κ3) is 2.69. The molecule has 6 heteroatoms. The molecule has 0 aromatic heterocycles. The molecule has 0 N–H and O–H groups in total. The molecule has 0 unspecified atom stereocenters. The van der Waals surface area contributed by atoms with Gasteiger partial charge in [-0.3, -0.25) is 4.79 Å². The van der Waals surface area contributed by atoms with Crippen LogP contribution in [-0.2, 0) is 0 Å². The number of carbonyl (C=O) groups is 1. The molecule has 0 aliphatic carbocycles. The van der Waals surface area contributed by atoms with Gasteiger partial charge in [0.1, 0.15) is 34.5 Å². The maximum Gasteiger partial charge on any atom is 0.205 e. The zero-order chi connectivity index (χ0) is 15.6. The van der Waals surface area contributed by atoms with E-state index in [1.54, 1.807) is 0 Å². The van der Waals surface area contributed by atoms with Crippen LogP contribution < -0.4 is 9.47 Å². The quantitative estimate of drug-likeness (QED) is 0.812. The zero-order valence-electron chi connectivity index (χ0n) is 11.2. The number of benzene rings is 2. The minimum absolute atomic E-state index is 0.0814. The van der Waals surface area contributed by atoms with Crippen LogP contribution in [0.25, 0.3) is 0 Å². The van der Waals surface area contributed by atoms with Gasteiger partial charge in [-0.25, -0.2) is 13.2 Å². The molecule has 2 aromatic carbocycles. The molecule has 0 amide bonds. The Hall–Kier alpha value is -2.50. The van der Waals surface area contributed by atoms with Crippen molar-refractivity contribution >= 4 is 5.78 Å². The summed E-state index contributed by atoms with van der Waals surface area (Å²) in [6, 6.07) is 5.36. The van der Waals surface area contributed by atoms with Crippen LogP contribution in [0.5, 0.6) is 11.5 Å². The number of ketones is 1. The second kappa shape index (κ2) is 5.87. The van der Waals surface area contributed by atoms with Gasteiger partial charge >= 0.3 is 0 Å². The summed E-state index contributed by atoms with van der Waals surface area (Å²) in [6.45, 7) is 0. The van der Waals surface area contributed by atoms with Gasteiger partial charge in [-0.05, 0) is 12.1 Å². The molecule has 0 saturated heterocycles. The van der Waals surface area contributed by atoms with Gasteiger partial charge in [-0.1, -0.05) is 6.07 Å². The fourth-order valence-electron chi connectivity index (χ4n) is 1.90. The largest absolute Gasteiger partial charge is 0.497 e. The minimum Gasteiger partial charge on any atom is -0.497 e. The van der Waals surface area contributed by atoms with Crippen molar-refractivity contribution in [2.45, 2.75) is 0 Å². The molecule has 0 bridgehead atoms. The number of methoxy groups -OCH3 is 2. The third-order valence-electron chi connectivity index (χ3n) is 2.90. The van der Waals surface area contributed by atoms with E-state index in [0.717, 1.165) is 18.2 Å². The lowest BCUT2D eigenvalue weighted by Crippen LogP contribution is -2.11. The molecule has 0 heterocycles. The maximum absolute atomic E-state index is 13.9. The van der Waals surface area contributed by atoms with Gasteiger partial charge in [0, 0.05) is 12.1 Å². The van der Waals surface area contributed by atoms with Gasteiger partial charge in [0.05, 0.1) is 19.8 Å². The smallest absolute Gasteiger partial charge is 0.205 e. The first-order valence-electron chi connectivity index (χ1n) is 5.89. The molecular weight excluding hydrogens is 285 g/mol. The number of halogens is 3. The lowest BCUT2D eigenvalue weighted by molar-refractivity contribution is 0.102. The van der Waals surface area contributed by atoms with Crippen molar-refractivity contribution in [3.63, 3.8) is 0 Å². The third-order valence-corrected chi connectivity index (χ3v) is 2.90. The summed E-state index contributed by atoms with van der Waals surface area (Å²) < 4.78 is 51.2. The highest BCUT2D eigenvalue weighted by atomic mass is 19.1. The SMILES string of the molecule is COc1cc(F)c(C(=O)c2c(F)cccc2OC)c(F)c1. The molecule has 0 aliphatic heterocycles. The van der Waals surface area contributed by atoms with E-state index in [1.165, 1.54) is 26.4 Å². The highest BCUT2D eigenvalue weighted by molar-refractivity contribution is 6.11. The number of carbonyl (C=O) groups excluding carboxylic acids is 1. The van der Waals surface area contributed by atoms with Crippen molar-refractivity contribution in [3.8, 4) is 11.5 Å². The molecule has 110 valence electrons. The number of rotatable bonds is 4. The van der Waals surface area contributed by atoms with Crippen LogP contribution in [0, 0.1) is 17.5 Å². The molecule has 0 radical (unpaired) electrons. The Morgan fingerprint density at radius 1 is 0.905 bits per heavy atom. The van der Waals surface area contributed by atoms with E-state index in [0.29, 0.717) is 0 Å². The molecule has 21 heavy (non-hydrogen) atoms. The Labute approximate surface area is 118 Å². The average Bonchev–Trinajstić information content (AvgIpc) is 2.45. The normalized spacial score (nSPS) is 10.3. The topological polar surface area (TPSA) is 35.5 Å². The van der Waals surface area contributed by atoms with Gasteiger partial charge in [0.25, 0.3) is 0 Å². The number of hydrogen-bond donors (Lipinski definition) is 0. The first kappa shape index (κ1) is 14.9. The second-order valence-electron chi connectivity index (χ2n) is 4.11. The molecular formula is C15H11F3O3. The molecule has 0 aliphatic rings. The van der Waals surface area contributed by atoms with E-state index in [1.807, 2.05) is 0 Å². The first-order valence-corrected chi connectivity index (χ1v) is 5.89. The van der Waals surface area contributed by atoms with E-state index in [9.17, 15) is 18.0 Å². The van der Waals surface area contributed by atoms with Gasteiger partial charge < -0.3 is 9.47 Å². The Kier molecular flexibility index (Phi) is 4.16. The molecule has 0 atom stereocenters. The summed E-state index contributed by atoms with van der Waals surface area (Å²) in [5.74, 6) is -4.52. The van der Waals surface area contributed by atoms with Crippen LogP contribution in [0.2, 0.25) is 0 Å².